The Morgan fingerprint density at radius 1 is 1.04 bits per heavy atom. The monoisotopic (exact) mass is 332 g/mol. The van der Waals surface area contributed by atoms with Gasteiger partial charge in [-0.25, -0.2) is 4.68 Å². The third-order valence-corrected chi connectivity index (χ3v) is 3.82. The van der Waals surface area contributed by atoms with Gasteiger partial charge in [0.2, 0.25) is 0 Å². The Bertz CT molecular complexity index is 908. The van der Waals surface area contributed by atoms with Crippen molar-refractivity contribution in [1.82, 2.24) is 9.78 Å². The number of halogens is 3. The van der Waals surface area contributed by atoms with Crippen LogP contribution in [0.2, 0.25) is 0 Å². The van der Waals surface area contributed by atoms with Gasteiger partial charge in [0.05, 0.1) is 17.8 Å². The maximum absolute atomic E-state index is 13.0. The van der Waals surface area contributed by atoms with E-state index in [-0.39, 0.29) is 17.7 Å². The molecule has 24 heavy (non-hydrogen) atoms. The number of H-pyrrole nitrogens is 1. The molecule has 6 heteroatoms. The van der Waals surface area contributed by atoms with Gasteiger partial charge >= 0.3 is 6.18 Å². The van der Waals surface area contributed by atoms with Crippen LogP contribution in [-0.2, 0) is 12.7 Å². The van der Waals surface area contributed by atoms with Crippen molar-refractivity contribution in [3.8, 4) is 11.3 Å². The van der Waals surface area contributed by atoms with E-state index < -0.39 is 11.7 Å². The normalized spacial score (nSPS) is 11.7. The average molecular weight is 332 g/mol. The van der Waals surface area contributed by atoms with Crippen molar-refractivity contribution in [2.24, 2.45) is 0 Å². The van der Waals surface area contributed by atoms with Crippen LogP contribution in [0.15, 0.2) is 59.4 Å². The number of aromatic nitrogens is 2. The molecule has 3 nitrogen and oxygen atoms in total. The number of nitrogens with one attached hydrogen (secondary N) is 1. The van der Waals surface area contributed by atoms with E-state index in [1.54, 1.807) is 6.07 Å². The largest absolute Gasteiger partial charge is 0.416 e. The highest BCUT2D eigenvalue weighted by atomic mass is 19.4. The molecule has 0 spiro atoms. The van der Waals surface area contributed by atoms with Gasteiger partial charge in [0.15, 0.2) is 0 Å². The molecular weight excluding hydrogens is 317 g/mol. The Morgan fingerprint density at radius 2 is 1.75 bits per heavy atom. The molecule has 0 saturated heterocycles. The van der Waals surface area contributed by atoms with Crippen LogP contribution < -0.4 is 5.56 Å². The SMILES string of the molecule is Cc1ccc(Cn2[nH]c(-c3ccccc3)cc2=O)cc1C(F)(F)F. The van der Waals surface area contributed by atoms with Crippen molar-refractivity contribution in [1.29, 1.82) is 0 Å². The third-order valence-electron chi connectivity index (χ3n) is 3.82. The summed E-state index contributed by atoms with van der Waals surface area (Å²) in [7, 11) is 0. The third kappa shape index (κ3) is 3.27. The molecule has 0 unspecified atom stereocenters. The summed E-state index contributed by atoms with van der Waals surface area (Å²) in [6.45, 7) is 1.47. The minimum Gasteiger partial charge on any atom is -0.295 e. The number of hydrogen-bond acceptors (Lipinski definition) is 1. The van der Waals surface area contributed by atoms with Gasteiger partial charge in [0.25, 0.3) is 5.56 Å². The highest BCUT2D eigenvalue weighted by Gasteiger charge is 2.32. The first-order valence-electron chi connectivity index (χ1n) is 7.36. The fraction of sp³-hybridized carbons (Fsp3) is 0.167. The van der Waals surface area contributed by atoms with Crippen LogP contribution in [0.25, 0.3) is 11.3 Å². The number of benzene rings is 2. The Labute approximate surface area is 136 Å². The van der Waals surface area contributed by atoms with Crippen LogP contribution in [-0.4, -0.2) is 9.78 Å². The minimum atomic E-state index is -4.41. The summed E-state index contributed by atoms with van der Waals surface area (Å²) in [5.74, 6) is 0. The molecule has 0 bridgehead atoms. The molecule has 0 amide bonds. The number of alkyl halides is 3. The second-order valence-corrected chi connectivity index (χ2v) is 5.61. The van der Waals surface area contributed by atoms with Gasteiger partial charge in [0, 0.05) is 6.07 Å². The molecule has 124 valence electrons. The van der Waals surface area contributed by atoms with E-state index in [9.17, 15) is 18.0 Å². The van der Waals surface area contributed by atoms with E-state index in [2.05, 4.69) is 5.10 Å². The molecule has 0 aliphatic heterocycles. The summed E-state index contributed by atoms with van der Waals surface area (Å²) < 4.78 is 40.3. The predicted molar refractivity (Wildman–Crippen MR) is 85.8 cm³/mol. The summed E-state index contributed by atoms with van der Waals surface area (Å²) in [5, 5.41) is 2.94. The van der Waals surface area contributed by atoms with Crippen LogP contribution in [0, 0.1) is 6.92 Å². The Balaban J connectivity index is 1.93. The highest BCUT2D eigenvalue weighted by molar-refractivity contribution is 5.58. The van der Waals surface area contributed by atoms with Gasteiger partial charge in [-0.15, -0.1) is 0 Å². The molecule has 3 rings (SSSR count). The first kappa shape index (κ1) is 16.1. The van der Waals surface area contributed by atoms with Gasteiger partial charge in [-0.2, -0.15) is 13.2 Å². The maximum atomic E-state index is 13.0. The lowest BCUT2D eigenvalue weighted by atomic mass is 10.0. The number of hydrogen-bond donors (Lipinski definition) is 1. The topological polar surface area (TPSA) is 37.8 Å². The first-order chi connectivity index (χ1) is 11.3. The number of rotatable bonds is 3. The molecule has 2 aromatic carbocycles. The predicted octanol–water partition coefficient (Wildman–Crippen LogP) is 4.22. The lowest BCUT2D eigenvalue weighted by molar-refractivity contribution is -0.138. The molecular formula is C18H15F3N2O. The standard InChI is InChI=1S/C18H15F3N2O/c1-12-7-8-13(9-15(12)18(19,20)21)11-23-17(24)10-16(22-23)14-5-3-2-4-6-14/h2-10,22H,11H2,1H3. The fourth-order valence-corrected chi connectivity index (χ4v) is 2.57. The summed E-state index contributed by atoms with van der Waals surface area (Å²) >= 11 is 0. The Hall–Kier alpha value is -2.76. The second kappa shape index (κ2) is 6.03. The number of nitrogens with zero attached hydrogens (tertiary/aromatic N) is 1. The van der Waals surface area contributed by atoms with E-state index in [0.717, 1.165) is 11.6 Å². The zero-order chi connectivity index (χ0) is 17.3. The van der Waals surface area contributed by atoms with Crippen LogP contribution >= 0.6 is 0 Å². The van der Waals surface area contributed by atoms with Crippen molar-refractivity contribution >= 4 is 0 Å². The first-order valence-corrected chi connectivity index (χ1v) is 7.36. The lowest BCUT2D eigenvalue weighted by Crippen LogP contribution is -2.17. The highest BCUT2D eigenvalue weighted by Crippen LogP contribution is 2.32. The molecule has 1 N–H and O–H groups in total. The minimum absolute atomic E-state index is 0.0506. The van der Waals surface area contributed by atoms with E-state index in [1.165, 1.54) is 23.7 Å². The molecule has 0 aliphatic carbocycles. The summed E-state index contributed by atoms with van der Waals surface area (Å²) in [4.78, 5) is 12.1. The van der Waals surface area contributed by atoms with Gasteiger partial charge in [-0.1, -0.05) is 42.5 Å². The summed E-state index contributed by atoms with van der Waals surface area (Å²) in [5.41, 5.74) is 1.08. The zero-order valence-corrected chi connectivity index (χ0v) is 12.9. The van der Waals surface area contributed by atoms with Crippen molar-refractivity contribution in [2.45, 2.75) is 19.6 Å². The second-order valence-electron chi connectivity index (χ2n) is 5.61. The number of aryl methyl sites for hydroxylation is 1. The van der Waals surface area contributed by atoms with Crippen LogP contribution in [0.5, 0.6) is 0 Å². The van der Waals surface area contributed by atoms with Crippen molar-refractivity contribution in [2.75, 3.05) is 0 Å². The van der Waals surface area contributed by atoms with Crippen molar-refractivity contribution < 1.29 is 13.2 Å². The molecule has 0 radical (unpaired) electrons. The van der Waals surface area contributed by atoms with E-state index in [0.29, 0.717) is 11.3 Å². The maximum Gasteiger partial charge on any atom is 0.416 e. The van der Waals surface area contributed by atoms with E-state index in [4.69, 9.17) is 0 Å². The Morgan fingerprint density at radius 3 is 2.42 bits per heavy atom. The molecule has 3 aromatic rings. The van der Waals surface area contributed by atoms with Gasteiger partial charge in [-0.05, 0) is 29.7 Å². The van der Waals surface area contributed by atoms with Crippen molar-refractivity contribution in [3.05, 3.63) is 81.6 Å². The average Bonchev–Trinajstić information content (AvgIpc) is 2.90. The van der Waals surface area contributed by atoms with Crippen LogP contribution in [0.1, 0.15) is 16.7 Å². The molecule has 0 fully saturated rings. The fourth-order valence-electron chi connectivity index (χ4n) is 2.57. The molecule has 0 saturated carbocycles. The molecule has 1 heterocycles. The van der Waals surface area contributed by atoms with Crippen LogP contribution in [0.3, 0.4) is 0 Å². The van der Waals surface area contributed by atoms with Crippen molar-refractivity contribution in [3.63, 3.8) is 0 Å². The van der Waals surface area contributed by atoms with Gasteiger partial charge in [-0.3, -0.25) is 9.89 Å². The van der Waals surface area contributed by atoms with Gasteiger partial charge in [0.1, 0.15) is 0 Å². The summed E-state index contributed by atoms with van der Waals surface area (Å²) in [6, 6.07) is 14.8. The van der Waals surface area contributed by atoms with E-state index in [1.807, 2.05) is 30.3 Å². The molecule has 1 aromatic heterocycles. The Kier molecular flexibility index (Phi) is 4.05. The van der Waals surface area contributed by atoms with Crippen LogP contribution in [0.4, 0.5) is 13.2 Å². The number of aromatic amines is 1. The van der Waals surface area contributed by atoms with Gasteiger partial charge < -0.3 is 0 Å². The van der Waals surface area contributed by atoms with E-state index >= 15 is 0 Å². The molecule has 0 aliphatic rings. The lowest BCUT2D eigenvalue weighted by Gasteiger charge is -2.12. The quantitative estimate of drug-likeness (QED) is 0.766. The smallest absolute Gasteiger partial charge is 0.295 e. The zero-order valence-electron chi connectivity index (χ0n) is 12.9. The molecule has 0 atom stereocenters. The summed E-state index contributed by atoms with van der Waals surface area (Å²) in [6.07, 6.45) is -4.41.